The molecule has 2 atom stereocenters. The van der Waals surface area contributed by atoms with Gasteiger partial charge in [0.1, 0.15) is 0 Å². The van der Waals surface area contributed by atoms with E-state index >= 15 is 0 Å². The lowest BCUT2D eigenvalue weighted by Crippen LogP contribution is -2.07. The van der Waals surface area contributed by atoms with E-state index in [9.17, 15) is 5.11 Å². The van der Waals surface area contributed by atoms with E-state index in [4.69, 9.17) is 0 Å². The Labute approximate surface area is 105 Å². The summed E-state index contributed by atoms with van der Waals surface area (Å²) in [7, 11) is 0. The van der Waals surface area contributed by atoms with E-state index in [1.54, 1.807) is 11.3 Å². The molecule has 2 aromatic rings. The van der Waals surface area contributed by atoms with Crippen molar-refractivity contribution in [1.29, 1.82) is 0 Å². The first-order chi connectivity index (χ1) is 8.25. The van der Waals surface area contributed by atoms with E-state index in [-0.39, 0.29) is 5.92 Å². The van der Waals surface area contributed by atoms with Crippen LogP contribution in [-0.2, 0) is 6.42 Å². The number of aliphatic hydroxyl groups excluding tert-OH is 1. The number of aliphatic hydroxyl groups is 1. The summed E-state index contributed by atoms with van der Waals surface area (Å²) in [6.45, 7) is 2.07. The standard InChI is InChI=1S/C14H15NOS/c1-9-4-7-12(17-9)14(16)11-6-5-10-3-2-8-15-13(10)11/h2-4,7-8,11,14,16H,5-6H2,1H3. The number of pyridine rings is 1. The number of nitrogens with zero attached hydrogens (tertiary/aromatic N) is 1. The number of hydrogen-bond donors (Lipinski definition) is 1. The molecule has 2 heterocycles. The summed E-state index contributed by atoms with van der Waals surface area (Å²) >= 11 is 1.68. The van der Waals surface area contributed by atoms with Gasteiger partial charge in [0.15, 0.2) is 0 Å². The van der Waals surface area contributed by atoms with Crippen molar-refractivity contribution in [2.75, 3.05) is 0 Å². The van der Waals surface area contributed by atoms with Crippen molar-refractivity contribution >= 4 is 11.3 Å². The van der Waals surface area contributed by atoms with Gasteiger partial charge in [-0.25, -0.2) is 0 Å². The van der Waals surface area contributed by atoms with Gasteiger partial charge in [-0.3, -0.25) is 4.98 Å². The van der Waals surface area contributed by atoms with Gasteiger partial charge in [-0.2, -0.15) is 0 Å². The Hall–Kier alpha value is -1.19. The second kappa shape index (κ2) is 4.24. The Balaban J connectivity index is 1.92. The Morgan fingerprint density at radius 1 is 1.41 bits per heavy atom. The van der Waals surface area contributed by atoms with Crippen LogP contribution in [0, 0.1) is 6.92 Å². The van der Waals surface area contributed by atoms with Gasteiger partial charge < -0.3 is 5.11 Å². The lowest BCUT2D eigenvalue weighted by Gasteiger charge is -2.16. The molecule has 0 bridgehead atoms. The molecule has 0 radical (unpaired) electrons. The molecule has 0 amide bonds. The van der Waals surface area contributed by atoms with Crippen molar-refractivity contribution in [2.45, 2.75) is 31.8 Å². The Morgan fingerprint density at radius 2 is 2.29 bits per heavy atom. The minimum atomic E-state index is -0.398. The monoisotopic (exact) mass is 245 g/mol. The zero-order chi connectivity index (χ0) is 11.8. The molecule has 88 valence electrons. The van der Waals surface area contributed by atoms with Crippen molar-refractivity contribution < 1.29 is 5.11 Å². The van der Waals surface area contributed by atoms with Crippen molar-refractivity contribution in [1.82, 2.24) is 4.98 Å². The number of thiophene rings is 1. The molecule has 1 aliphatic rings. The zero-order valence-corrected chi connectivity index (χ0v) is 10.6. The Kier molecular flexibility index (Phi) is 2.73. The number of aryl methyl sites for hydroxylation is 2. The topological polar surface area (TPSA) is 33.1 Å². The van der Waals surface area contributed by atoms with Gasteiger partial charge in [-0.05, 0) is 43.5 Å². The van der Waals surface area contributed by atoms with Crippen molar-refractivity contribution in [3.63, 3.8) is 0 Å². The zero-order valence-electron chi connectivity index (χ0n) is 9.76. The van der Waals surface area contributed by atoms with Gasteiger partial charge in [0.2, 0.25) is 0 Å². The first-order valence-electron chi connectivity index (χ1n) is 5.94. The van der Waals surface area contributed by atoms with Gasteiger partial charge in [-0.1, -0.05) is 6.07 Å². The van der Waals surface area contributed by atoms with Gasteiger partial charge in [-0.15, -0.1) is 11.3 Å². The molecule has 3 heteroatoms. The van der Waals surface area contributed by atoms with Crippen LogP contribution in [0.15, 0.2) is 30.5 Å². The van der Waals surface area contributed by atoms with E-state index < -0.39 is 6.10 Å². The molecule has 3 rings (SSSR count). The molecule has 0 saturated carbocycles. The summed E-state index contributed by atoms with van der Waals surface area (Å²) in [5.41, 5.74) is 2.39. The van der Waals surface area contributed by atoms with Crippen LogP contribution in [0.4, 0.5) is 0 Å². The first kappa shape index (κ1) is 10.9. The average Bonchev–Trinajstić information content (AvgIpc) is 2.94. The smallest absolute Gasteiger partial charge is 0.0965 e. The molecule has 0 aliphatic heterocycles. The minimum absolute atomic E-state index is 0.171. The minimum Gasteiger partial charge on any atom is -0.387 e. The maximum atomic E-state index is 10.5. The van der Waals surface area contributed by atoms with Gasteiger partial charge in [0.05, 0.1) is 6.10 Å². The second-order valence-corrected chi connectivity index (χ2v) is 5.91. The number of aromatic nitrogens is 1. The maximum Gasteiger partial charge on any atom is 0.0965 e. The predicted octanol–water partition coefficient (Wildman–Crippen LogP) is 3.21. The van der Waals surface area contributed by atoms with Gasteiger partial charge in [0, 0.05) is 27.6 Å². The fourth-order valence-corrected chi connectivity index (χ4v) is 3.49. The van der Waals surface area contributed by atoms with Gasteiger partial charge >= 0.3 is 0 Å². The molecular weight excluding hydrogens is 230 g/mol. The highest BCUT2D eigenvalue weighted by molar-refractivity contribution is 7.12. The third-order valence-electron chi connectivity index (χ3n) is 3.44. The van der Waals surface area contributed by atoms with E-state index in [1.807, 2.05) is 18.3 Å². The number of rotatable bonds is 2. The molecule has 0 saturated heterocycles. The highest BCUT2D eigenvalue weighted by Crippen LogP contribution is 2.41. The summed E-state index contributed by atoms with van der Waals surface area (Å²) in [6.07, 6.45) is 3.47. The number of hydrogen-bond acceptors (Lipinski definition) is 3. The molecule has 1 N–H and O–H groups in total. The fourth-order valence-electron chi connectivity index (χ4n) is 2.56. The van der Waals surface area contributed by atoms with E-state index in [1.165, 1.54) is 10.4 Å². The van der Waals surface area contributed by atoms with Crippen LogP contribution in [0.25, 0.3) is 0 Å². The third kappa shape index (κ3) is 1.90. The quantitative estimate of drug-likeness (QED) is 0.881. The van der Waals surface area contributed by atoms with Crippen molar-refractivity contribution in [3.05, 3.63) is 51.5 Å². The van der Waals surface area contributed by atoms with Crippen LogP contribution in [0.2, 0.25) is 0 Å². The van der Waals surface area contributed by atoms with E-state index in [0.29, 0.717) is 0 Å². The summed E-state index contributed by atoms with van der Waals surface area (Å²) in [6, 6.07) is 8.20. The molecule has 0 aromatic carbocycles. The highest BCUT2D eigenvalue weighted by Gasteiger charge is 2.31. The molecule has 0 fully saturated rings. The summed E-state index contributed by atoms with van der Waals surface area (Å²) in [4.78, 5) is 6.75. The molecule has 0 spiro atoms. The lowest BCUT2D eigenvalue weighted by atomic mass is 9.98. The van der Waals surface area contributed by atoms with Gasteiger partial charge in [0.25, 0.3) is 0 Å². The summed E-state index contributed by atoms with van der Waals surface area (Å²) in [5, 5.41) is 10.5. The van der Waals surface area contributed by atoms with Crippen LogP contribution >= 0.6 is 11.3 Å². The van der Waals surface area contributed by atoms with Crippen molar-refractivity contribution in [3.8, 4) is 0 Å². The molecule has 2 unspecified atom stereocenters. The van der Waals surface area contributed by atoms with Crippen molar-refractivity contribution in [2.24, 2.45) is 0 Å². The molecule has 2 aromatic heterocycles. The largest absolute Gasteiger partial charge is 0.387 e. The molecule has 17 heavy (non-hydrogen) atoms. The first-order valence-corrected chi connectivity index (χ1v) is 6.75. The van der Waals surface area contributed by atoms with Crippen LogP contribution in [0.5, 0.6) is 0 Å². The second-order valence-electron chi connectivity index (χ2n) is 4.59. The number of fused-ring (bicyclic) bond motifs is 1. The molecular formula is C14H15NOS. The molecule has 2 nitrogen and oxygen atoms in total. The summed E-state index contributed by atoms with van der Waals surface area (Å²) < 4.78 is 0. The highest BCUT2D eigenvalue weighted by atomic mass is 32.1. The normalized spacial score (nSPS) is 20.2. The maximum absolute atomic E-state index is 10.5. The van der Waals surface area contributed by atoms with Crippen LogP contribution in [-0.4, -0.2) is 10.1 Å². The lowest BCUT2D eigenvalue weighted by molar-refractivity contribution is 0.147. The molecule has 1 aliphatic carbocycles. The SMILES string of the molecule is Cc1ccc(C(O)C2CCc3cccnc32)s1. The average molecular weight is 245 g/mol. The Morgan fingerprint density at radius 3 is 3.06 bits per heavy atom. The Bertz CT molecular complexity index is 535. The van der Waals surface area contributed by atoms with Crippen LogP contribution in [0.1, 0.15) is 39.5 Å². The van der Waals surface area contributed by atoms with E-state index in [2.05, 4.69) is 24.0 Å². The summed E-state index contributed by atoms with van der Waals surface area (Å²) in [5.74, 6) is 0.171. The van der Waals surface area contributed by atoms with Crippen LogP contribution < -0.4 is 0 Å². The predicted molar refractivity (Wildman–Crippen MR) is 69.3 cm³/mol. The third-order valence-corrected chi connectivity index (χ3v) is 4.51. The van der Waals surface area contributed by atoms with Crippen LogP contribution in [0.3, 0.4) is 0 Å². The van der Waals surface area contributed by atoms with E-state index in [0.717, 1.165) is 23.4 Å². The fraction of sp³-hybridized carbons (Fsp3) is 0.357.